The van der Waals surface area contributed by atoms with E-state index in [1.54, 1.807) is 0 Å². The number of carbonyl (C=O) groups excluding carboxylic acids is 1. The Bertz CT molecular complexity index is 306. The molecule has 0 radical (unpaired) electrons. The van der Waals surface area contributed by atoms with E-state index in [0.29, 0.717) is 32.2 Å². The van der Waals surface area contributed by atoms with Gasteiger partial charge >= 0.3 is 0 Å². The highest BCUT2D eigenvalue weighted by Gasteiger charge is 2.30. The quantitative estimate of drug-likeness (QED) is 0.549. The van der Waals surface area contributed by atoms with E-state index in [9.17, 15) is 13.6 Å². The lowest BCUT2D eigenvalue weighted by molar-refractivity contribution is -0.127. The fourth-order valence-corrected chi connectivity index (χ4v) is 2.66. The third kappa shape index (κ3) is 7.68. The van der Waals surface area contributed by atoms with Crippen LogP contribution < -0.4 is 16.4 Å². The SMILES string of the molecule is CC1CC(N)CCC1C(=O)NCCOCCNCC(F)F. The summed E-state index contributed by atoms with van der Waals surface area (Å²) in [6.45, 7) is 3.33. The summed E-state index contributed by atoms with van der Waals surface area (Å²) in [7, 11) is 0. The van der Waals surface area contributed by atoms with Gasteiger partial charge in [-0.05, 0) is 25.2 Å². The summed E-state index contributed by atoms with van der Waals surface area (Å²) in [5, 5.41) is 5.43. The second-order valence-corrected chi connectivity index (χ2v) is 5.66. The summed E-state index contributed by atoms with van der Waals surface area (Å²) in [4.78, 5) is 12.0. The first-order chi connectivity index (χ1) is 10.0. The molecule has 0 saturated heterocycles. The first-order valence-corrected chi connectivity index (χ1v) is 7.60. The van der Waals surface area contributed by atoms with E-state index in [-0.39, 0.29) is 24.4 Å². The molecule has 0 heterocycles. The number of alkyl halides is 2. The molecule has 4 N–H and O–H groups in total. The van der Waals surface area contributed by atoms with Gasteiger partial charge in [0.25, 0.3) is 6.43 Å². The van der Waals surface area contributed by atoms with Crippen LogP contribution in [0.2, 0.25) is 0 Å². The molecule has 1 aliphatic rings. The Labute approximate surface area is 125 Å². The van der Waals surface area contributed by atoms with Gasteiger partial charge < -0.3 is 21.1 Å². The van der Waals surface area contributed by atoms with Crippen LogP contribution >= 0.6 is 0 Å². The molecule has 0 aliphatic heterocycles. The molecule has 0 aromatic rings. The number of nitrogens with two attached hydrogens (primary N) is 1. The molecule has 0 spiro atoms. The molecule has 3 atom stereocenters. The lowest BCUT2D eigenvalue weighted by Gasteiger charge is -2.31. The molecule has 1 aliphatic carbocycles. The number of rotatable bonds is 9. The normalized spacial score (nSPS) is 26.0. The molecule has 0 aromatic carbocycles. The summed E-state index contributed by atoms with van der Waals surface area (Å²) in [6.07, 6.45) is 0.293. The van der Waals surface area contributed by atoms with Gasteiger partial charge in [-0.15, -0.1) is 0 Å². The molecule has 124 valence electrons. The third-order valence-corrected chi connectivity index (χ3v) is 3.81. The number of amides is 1. The standard InChI is InChI=1S/C14H27F2N3O2/c1-10-8-11(17)2-3-12(10)14(20)19-5-7-21-6-4-18-9-13(15)16/h10-13,18H,2-9,17H2,1H3,(H,19,20). The summed E-state index contributed by atoms with van der Waals surface area (Å²) in [6, 6.07) is 0.216. The van der Waals surface area contributed by atoms with Crippen molar-refractivity contribution in [3.8, 4) is 0 Å². The Morgan fingerprint density at radius 2 is 2.05 bits per heavy atom. The van der Waals surface area contributed by atoms with E-state index >= 15 is 0 Å². The van der Waals surface area contributed by atoms with Gasteiger partial charge in [-0.3, -0.25) is 4.79 Å². The topological polar surface area (TPSA) is 76.4 Å². The van der Waals surface area contributed by atoms with Crippen molar-refractivity contribution < 1.29 is 18.3 Å². The number of carbonyl (C=O) groups is 1. The highest BCUT2D eigenvalue weighted by molar-refractivity contribution is 5.79. The average Bonchev–Trinajstić information content (AvgIpc) is 2.41. The Morgan fingerprint density at radius 3 is 2.71 bits per heavy atom. The lowest BCUT2D eigenvalue weighted by atomic mass is 9.78. The zero-order valence-corrected chi connectivity index (χ0v) is 12.6. The van der Waals surface area contributed by atoms with E-state index in [0.717, 1.165) is 19.3 Å². The molecule has 21 heavy (non-hydrogen) atoms. The molecule has 5 nitrogen and oxygen atoms in total. The maximum atomic E-state index is 12.0. The van der Waals surface area contributed by atoms with Crippen molar-refractivity contribution >= 4 is 5.91 Å². The van der Waals surface area contributed by atoms with Crippen LogP contribution in [0, 0.1) is 11.8 Å². The van der Waals surface area contributed by atoms with E-state index in [2.05, 4.69) is 17.6 Å². The van der Waals surface area contributed by atoms with Crippen LogP contribution in [-0.2, 0) is 9.53 Å². The van der Waals surface area contributed by atoms with Gasteiger partial charge in [0.05, 0.1) is 19.8 Å². The van der Waals surface area contributed by atoms with Crippen molar-refractivity contribution in [1.82, 2.24) is 10.6 Å². The monoisotopic (exact) mass is 307 g/mol. The van der Waals surface area contributed by atoms with E-state index in [1.165, 1.54) is 0 Å². The van der Waals surface area contributed by atoms with Crippen LogP contribution in [0.5, 0.6) is 0 Å². The van der Waals surface area contributed by atoms with Crippen LogP contribution in [0.4, 0.5) is 8.78 Å². The maximum absolute atomic E-state index is 12.0. The predicted molar refractivity (Wildman–Crippen MR) is 77.2 cm³/mol. The second-order valence-electron chi connectivity index (χ2n) is 5.66. The Hall–Kier alpha value is -0.790. The highest BCUT2D eigenvalue weighted by atomic mass is 19.3. The van der Waals surface area contributed by atoms with Crippen molar-refractivity contribution in [2.45, 2.75) is 38.7 Å². The van der Waals surface area contributed by atoms with Crippen LogP contribution in [-0.4, -0.2) is 51.2 Å². The second kappa shape index (κ2) is 10.0. The summed E-state index contributed by atoms with van der Waals surface area (Å²) >= 11 is 0. The largest absolute Gasteiger partial charge is 0.378 e. The fraction of sp³-hybridized carbons (Fsp3) is 0.929. The molecule has 1 rings (SSSR count). The molecule has 3 unspecified atom stereocenters. The predicted octanol–water partition coefficient (Wildman–Crippen LogP) is 0.737. The maximum Gasteiger partial charge on any atom is 0.250 e. The van der Waals surface area contributed by atoms with Crippen molar-refractivity contribution in [3.05, 3.63) is 0 Å². The minimum Gasteiger partial charge on any atom is -0.378 e. The number of hydrogen-bond acceptors (Lipinski definition) is 4. The first kappa shape index (κ1) is 18.3. The van der Waals surface area contributed by atoms with Crippen LogP contribution in [0.25, 0.3) is 0 Å². The van der Waals surface area contributed by atoms with Gasteiger partial charge in [0.15, 0.2) is 0 Å². The van der Waals surface area contributed by atoms with Crippen molar-refractivity contribution in [2.24, 2.45) is 17.6 Å². The number of ether oxygens (including phenoxy) is 1. The minimum atomic E-state index is -2.34. The van der Waals surface area contributed by atoms with E-state index in [4.69, 9.17) is 10.5 Å². The van der Waals surface area contributed by atoms with Gasteiger partial charge in [-0.2, -0.15) is 0 Å². The van der Waals surface area contributed by atoms with Crippen molar-refractivity contribution in [3.63, 3.8) is 0 Å². The molecular formula is C14H27F2N3O2. The number of halogens is 2. The third-order valence-electron chi connectivity index (χ3n) is 3.81. The lowest BCUT2D eigenvalue weighted by Crippen LogP contribution is -2.41. The summed E-state index contributed by atoms with van der Waals surface area (Å²) in [5.41, 5.74) is 5.88. The van der Waals surface area contributed by atoms with Crippen molar-refractivity contribution in [1.29, 1.82) is 0 Å². The Morgan fingerprint density at radius 1 is 1.33 bits per heavy atom. The zero-order valence-electron chi connectivity index (χ0n) is 12.6. The summed E-state index contributed by atoms with van der Waals surface area (Å²) < 4.78 is 28.9. The van der Waals surface area contributed by atoms with Crippen molar-refractivity contribution in [2.75, 3.05) is 32.8 Å². The molecule has 7 heteroatoms. The van der Waals surface area contributed by atoms with Gasteiger partial charge in [-0.1, -0.05) is 6.92 Å². The fourth-order valence-electron chi connectivity index (χ4n) is 2.66. The molecule has 0 bridgehead atoms. The minimum absolute atomic E-state index is 0.0394. The molecule has 1 saturated carbocycles. The summed E-state index contributed by atoms with van der Waals surface area (Å²) in [5.74, 6) is 0.416. The van der Waals surface area contributed by atoms with Crippen LogP contribution in [0.1, 0.15) is 26.2 Å². The van der Waals surface area contributed by atoms with E-state index < -0.39 is 6.43 Å². The molecular weight excluding hydrogens is 280 g/mol. The van der Waals surface area contributed by atoms with Gasteiger partial charge in [0, 0.05) is 25.0 Å². The molecule has 0 aromatic heterocycles. The van der Waals surface area contributed by atoms with E-state index in [1.807, 2.05) is 0 Å². The molecule has 1 fully saturated rings. The average molecular weight is 307 g/mol. The van der Waals surface area contributed by atoms with Crippen LogP contribution in [0.3, 0.4) is 0 Å². The van der Waals surface area contributed by atoms with Crippen LogP contribution in [0.15, 0.2) is 0 Å². The van der Waals surface area contributed by atoms with Gasteiger partial charge in [-0.25, -0.2) is 8.78 Å². The van der Waals surface area contributed by atoms with Gasteiger partial charge in [0.1, 0.15) is 0 Å². The smallest absolute Gasteiger partial charge is 0.250 e. The number of nitrogens with one attached hydrogen (secondary N) is 2. The number of hydrogen-bond donors (Lipinski definition) is 3. The Kier molecular flexibility index (Phi) is 8.72. The Balaban J connectivity index is 2.01. The molecule has 1 amide bonds. The highest BCUT2D eigenvalue weighted by Crippen LogP contribution is 2.28. The first-order valence-electron chi connectivity index (χ1n) is 7.60. The van der Waals surface area contributed by atoms with Gasteiger partial charge in [0.2, 0.25) is 5.91 Å². The zero-order chi connectivity index (χ0) is 15.7.